The van der Waals surface area contributed by atoms with Crippen molar-refractivity contribution in [1.82, 2.24) is 0 Å². The van der Waals surface area contributed by atoms with Gasteiger partial charge in [-0.3, -0.25) is 0 Å². The van der Waals surface area contributed by atoms with E-state index in [9.17, 15) is 15.3 Å². The van der Waals surface area contributed by atoms with Crippen LogP contribution in [0.25, 0.3) is 0 Å². The number of aliphatic hydroxyl groups is 3. The third-order valence-electron chi connectivity index (χ3n) is 11.5. The number of rotatable bonds is 0. The fourth-order valence-electron chi connectivity index (χ4n) is 9.81. The molecule has 180 valence electrons. The van der Waals surface area contributed by atoms with E-state index in [1.165, 1.54) is 18.4 Å². The maximum absolute atomic E-state index is 11.0. The van der Waals surface area contributed by atoms with E-state index in [2.05, 4.69) is 26.8 Å². The molecule has 0 bridgehead atoms. The Morgan fingerprint density at radius 3 is 2.53 bits per heavy atom. The van der Waals surface area contributed by atoms with Gasteiger partial charge in [0.05, 0.1) is 12.2 Å². The first-order valence-electron chi connectivity index (χ1n) is 13.2. The summed E-state index contributed by atoms with van der Waals surface area (Å²) in [5, 5.41) is 31.8. The Bertz CT molecular complexity index is 812. The molecule has 2 aliphatic heterocycles. The van der Waals surface area contributed by atoms with Crippen LogP contribution in [0.4, 0.5) is 0 Å². The lowest BCUT2D eigenvalue weighted by Crippen LogP contribution is -2.59. The molecule has 0 aromatic rings. The first kappa shape index (κ1) is 22.0. The fraction of sp³-hybridized carbons (Fsp3) is 0.926. The summed E-state index contributed by atoms with van der Waals surface area (Å²) in [7, 11) is 0. The highest BCUT2D eigenvalue weighted by Crippen LogP contribution is 2.70. The number of ether oxygens (including phenoxy) is 2. The number of hydrogen-bond acceptors (Lipinski definition) is 5. The molecule has 3 saturated carbocycles. The summed E-state index contributed by atoms with van der Waals surface area (Å²) in [6.45, 7) is 9.08. The zero-order valence-electron chi connectivity index (χ0n) is 20.2. The number of allylic oxidation sites excluding steroid dienone is 1. The first-order chi connectivity index (χ1) is 15.1. The lowest BCUT2D eigenvalue weighted by atomic mass is 9.47. The van der Waals surface area contributed by atoms with Gasteiger partial charge in [0.2, 0.25) is 0 Å². The smallest absolute Gasteiger partial charge is 0.200 e. The topological polar surface area (TPSA) is 79.2 Å². The minimum Gasteiger partial charge on any atom is -0.393 e. The molecule has 2 saturated heterocycles. The van der Waals surface area contributed by atoms with Crippen molar-refractivity contribution in [3.8, 4) is 0 Å². The van der Waals surface area contributed by atoms with Crippen molar-refractivity contribution in [2.45, 2.75) is 109 Å². The normalized spacial score (nSPS) is 61.5. The summed E-state index contributed by atoms with van der Waals surface area (Å²) in [5.41, 5.74) is 1.95. The SMILES string of the molecule is CC1CC(O)C2(OC1O)OC1CC3C4CC=C5CC(O)CCC5(C)C4CCC3(C)C1C2C. The molecule has 32 heavy (non-hydrogen) atoms. The summed E-state index contributed by atoms with van der Waals surface area (Å²) >= 11 is 0. The second kappa shape index (κ2) is 7.04. The van der Waals surface area contributed by atoms with Crippen molar-refractivity contribution in [3.05, 3.63) is 11.6 Å². The van der Waals surface area contributed by atoms with E-state index in [1.807, 2.05) is 6.92 Å². The molecule has 5 heteroatoms. The summed E-state index contributed by atoms with van der Waals surface area (Å²) in [5.74, 6) is 1.29. The van der Waals surface area contributed by atoms with E-state index in [4.69, 9.17) is 9.47 Å². The monoisotopic (exact) mass is 446 g/mol. The Morgan fingerprint density at radius 1 is 0.969 bits per heavy atom. The molecule has 2 heterocycles. The maximum Gasteiger partial charge on any atom is 0.200 e. The van der Waals surface area contributed by atoms with E-state index in [-0.39, 0.29) is 34.9 Å². The number of hydrogen-bond donors (Lipinski definition) is 3. The van der Waals surface area contributed by atoms with E-state index in [1.54, 1.807) is 0 Å². The van der Waals surface area contributed by atoms with Gasteiger partial charge in [0.25, 0.3) is 0 Å². The average Bonchev–Trinajstić information content (AvgIpc) is 3.18. The molecule has 13 unspecified atom stereocenters. The second-order valence-electron chi connectivity index (χ2n) is 12.9. The molecular formula is C27H42O5. The fourth-order valence-corrected chi connectivity index (χ4v) is 9.81. The van der Waals surface area contributed by atoms with Crippen LogP contribution in [-0.2, 0) is 9.47 Å². The minimum atomic E-state index is -1.06. The van der Waals surface area contributed by atoms with Gasteiger partial charge in [-0.1, -0.05) is 39.3 Å². The Hall–Kier alpha value is -0.460. The number of fused-ring (bicyclic) bond motifs is 7. The van der Waals surface area contributed by atoms with Gasteiger partial charge < -0.3 is 24.8 Å². The molecule has 4 aliphatic carbocycles. The van der Waals surface area contributed by atoms with E-state index in [0.29, 0.717) is 30.1 Å². The Morgan fingerprint density at radius 2 is 1.75 bits per heavy atom. The van der Waals surface area contributed by atoms with Gasteiger partial charge in [-0.2, -0.15) is 0 Å². The van der Waals surface area contributed by atoms with E-state index >= 15 is 0 Å². The van der Waals surface area contributed by atoms with Crippen molar-refractivity contribution in [2.24, 2.45) is 46.3 Å². The van der Waals surface area contributed by atoms with Crippen molar-refractivity contribution in [1.29, 1.82) is 0 Å². The average molecular weight is 447 g/mol. The predicted octanol–water partition coefficient (Wildman–Crippen LogP) is 4.00. The van der Waals surface area contributed by atoms with Crippen molar-refractivity contribution < 1.29 is 24.8 Å². The Labute approximate surface area is 192 Å². The molecule has 0 amide bonds. The van der Waals surface area contributed by atoms with Crippen LogP contribution in [0.1, 0.15) is 79.1 Å². The number of aliphatic hydroxyl groups excluding tert-OH is 3. The van der Waals surface area contributed by atoms with Crippen LogP contribution in [0.2, 0.25) is 0 Å². The summed E-state index contributed by atoms with van der Waals surface area (Å²) in [4.78, 5) is 0. The summed E-state index contributed by atoms with van der Waals surface area (Å²) in [6, 6.07) is 0. The van der Waals surface area contributed by atoms with Crippen LogP contribution in [0.3, 0.4) is 0 Å². The minimum absolute atomic E-state index is 0.0614. The highest BCUT2D eigenvalue weighted by molar-refractivity contribution is 5.26. The third-order valence-corrected chi connectivity index (χ3v) is 11.5. The Kier molecular flexibility index (Phi) is 4.84. The van der Waals surface area contributed by atoms with Gasteiger partial charge in [0.1, 0.15) is 6.10 Å². The van der Waals surface area contributed by atoms with Crippen molar-refractivity contribution >= 4 is 0 Å². The molecular weight excluding hydrogens is 404 g/mol. The zero-order valence-corrected chi connectivity index (χ0v) is 20.2. The quantitative estimate of drug-likeness (QED) is 0.490. The molecule has 1 spiro atoms. The van der Waals surface area contributed by atoms with Gasteiger partial charge in [0, 0.05) is 11.8 Å². The van der Waals surface area contributed by atoms with Crippen molar-refractivity contribution in [2.75, 3.05) is 0 Å². The summed E-state index contributed by atoms with van der Waals surface area (Å²) in [6.07, 6.45) is 8.92. The zero-order chi connectivity index (χ0) is 22.6. The van der Waals surface area contributed by atoms with Gasteiger partial charge >= 0.3 is 0 Å². The highest BCUT2D eigenvalue weighted by atomic mass is 16.8. The lowest BCUT2D eigenvalue weighted by molar-refractivity contribution is -0.372. The van der Waals surface area contributed by atoms with Gasteiger partial charge in [-0.15, -0.1) is 0 Å². The predicted molar refractivity (Wildman–Crippen MR) is 120 cm³/mol. The molecule has 0 radical (unpaired) electrons. The molecule has 0 aromatic heterocycles. The van der Waals surface area contributed by atoms with Crippen LogP contribution in [0, 0.1) is 46.3 Å². The molecule has 0 aromatic carbocycles. The van der Waals surface area contributed by atoms with Crippen LogP contribution < -0.4 is 0 Å². The molecule has 5 fully saturated rings. The summed E-state index contributed by atoms with van der Waals surface area (Å²) < 4.78 is 12.7. The van der Waals surface area contributed by atoms with Gasteiger partial charge in [-0.05, 0) is 85.9 Å². The maximum atomic E-state index is 11.0. The molecule has 6 rings (SSSR count). The third kappa shape index (κ3) is 2.69. The van der Waals surface area contributed by atoms with Gasteiger partial charge in [-0.25, -0.2) is 0 Å². The molecule has 5 nitrogen and oxygen atoms in total. The van der Waals surface area contributed by atoms with E-state index < -0.39 is 18.2 Å². The standard InChI is InChI=1S/C27H42O5/c1-14-11-22(29)27(32-24(14)30)15(2)23-21(31-27)13-20-18-6-5-16-12-17(28)7-9-25(16,3)19(18)8-10-26(20,23)4/h5,14-15,17-24,28-30H,6-13H2,1-4H3. The first-order valence-corrected chi connectivity index (χ1v) is 13.2. The molecule has 6 aliphatic rings. The van der Waals surface area contributed by atoms with Crippen LogP contribution >= 0.6 is 0 Å². The highest BCUT2D eigenvalue weighted by Gasteiger charge is 2.70. The van der Waals surface area contributed by atoms with Crippen LogP contribution in [0.15, 0.2) is 11.6 Å². The molecule has 3 N–H and O–H groups in total. The largest absolute Gasteiger partial charge is 0.393 e. The van der Waals surface area contributed by atoms with Gasteiger partial charge in [0.15, 0.2) is 12.1 Å². The lowest BCUT2D eigenvalue weighted by Gasteiger charge is -2.58. The Balaban J connectivity index is 1.29. The van der Waals surface area contributed by atoms with E-state index in [0.717, 1.165) is 32.1 Å². The van der Waals surface area contributed by atoms with Crippen LogP contribution in [0.5, 0.6) is 0 Å². The molecule has 13 atom stereocenters. The van der Waals surface area contributed by atoms with Crippen molar-refractivity contribution in [3.63, 3.8) is 0 Å². The van der Waals surface area contributed by atoms with Crippen LogP contribution in [-0.4, -0.2) is 45.7 Å². The second-order valence-corrected chi connectivity index (χ2v) is 12.9.